The molecule has 148 valence electrons. The van der Waals surface area contributed by atoms with Gasteiger partial charge in [0, 0.05) is 6.54 Å². The molecule has 0 aliphatic carbocycles. The van der Waals surface area contributed by atoms with Crippen LogP contribution in [-0.4, -0.2) is 36.8 Å². The van der Waals surface area contributed by atoms with Gasteiger partial charge in [0.05, 0.1) is 19.4 Å². The lowest BCUT2D eigenvalue weighted by atomic mass is 10.0. The predicted octanol–water partition coefficient (Wildman–Crippen LogP) is 3.04. The van der Waals surface area contributed by atoms with E-state index in [1.54, 1.807) is 37.3 Å². The standard InChI is InChI=1S/C20H28FN3O3/c1-4-15(27-17-10-7-6-9-16(17)21)13-23-19(22-5-2)24-14-20(3,25)18-11-8-12-26-18/h6-12,15,25H,4-5,13-14H2,1-3H3,(H2,22,23,24). The van der Waals surface area contributed by atoms with Crippen molar-refractivity contribution in [3.63, 3.8) is 0 Å². The quantitative estimate of drug-likeness (QED) is 0.462. The molecule has 0 fully saturated rings. The molecular formula is C20H28FN3O3. The number of guanidine groups is 1. The molecule has 0 saturated carbocycles. The van der Waals surface area contributed by atoms with Gasteiger partial charge in [-0.3, -0.25) is 0 Å². The molecule has 3 N–H and O–H groups in total. The Labute approximate surface area is 159 Å². The largest absolute Gasteiger partial charge is 0.486 e. The van der Waals surface area contributed by atoms with Crippen molar-refractivity contribution in [1.82, 2.24) is 10.6 Å². The Hall–Kier alpha value is -2.54. The lowest BCUT2D eigenvalue weighted by molar-refractivity contribution is 0.0437. The number of aliphatic hydroxyl groups is 1. The van der Waals surface area contributed by atoms with Crippen molar-refractivity contribution < 1.29 is 18.7 Å². The third-order valence-electron chi connectivity index (χ3n) is 4.02. The fraction of sp³-hybridized carbons (Fsp3) is 0.450. The Morgan fingerprint density at radius 1 is 1.26 bits per heavy atom. The molecule has 1 aromatic carbocycles. The second kappa shape index (κ2) is 9.97. The van der Waals surface area contributed by atoms with Crippen molar-refractivity contribution in [2.24, 2.45) is 4.99 Å². The number of benzene rings is 1. The monoisotopic (exact) mass is 377 g/mol. The Balaban J connectivity index is 1.96. The maximum atomic E-state index is 13.8. The molecule has 2 rings (SSSR count). The first-order chi connectivity index (χ1) is 13.0. The highest BCUT2D eigenvalue weighted by Crippen LogP contribution is 2.21. The maximum absolute atomic E-state index is 13.8. The number of aliphatic imine (C=N–C) groups is 1. The number of halogens is 1. The van der Waals surface area contributed by atoms with Crippen LogP contribution in [0.25, 0.3) is 0 Å². The Bertz CT molecular complexity index is 717. The molecule has 0 saturated heterocycles. The van der Waals surface area contributed by atoms with Gasteiger partial charge in [-0.25, -0.2) is 9.38 Å². The van der Waals surface area contributed by atoms with Crippen LogP contribution in [0.2, 0.25) is 0 Å². The average molecular weight is 377 g/mol. The highest BCUT2D eigenvalue weighted by molar-refractivity contribution is 5.79. The molecule has 2 atom stereocenters. The number of nitrogens with one attached hydrogen (secondary N) is 2. The number of para-hydroxylation sites is 1. The summed E-state index contributed by atoms with van der Waals surface area (Å²) in [7, 11) is 0. The summed E-state index contributed by atoms with van der Waals surface area (Å²) in [6.45, 7) is 6.81. The highest BCUT2D eigenvalue weighted by atomic mass is 19.1. The molecule has 0 amide bonds. The summed E-state index contributed by atoms with van der Waals surface area (Å²) in [6.07, 6.45) is 1.99. The molecule has 0 aliphatic heterocycles. The second-order valence-electron chi connectivity index (χ2n) is 6.41. The van der Waals surface area contributed by atoms with E-state index in [1.807, 2.05) is 13.8 Å². The van der Waals surface area contributed by atoms with Gasteiger partial charge in [0.15, 0.2) is 17.5 Å². The zero-order chi connectivity index (χ0) is 19.7. The van der Waals surface area contributed by atoms with E-state index >= 15 is 0 Å². The molecule has 27 heavy (non-hydrogen) atoms. The van der Waals surface area contributed by atoms with Crippen molar-refractivity contribution in [1.29, 1.82) is 0 Å². The second-order valence-corrected chi connectivity index (χ2v) is 6.41. The summed E-state index contributed by atoms with van der Waals surface area (Å²) in [5, 5.41) is 16.8. The molecular weight excluding hydrogens is 349 g/mol. The van der Waals surface area contributed by atoms with Crippen molar-refractivity contribution in [3.8, 4) is 5.75 Å². The molecule has 1 heterocycles. The topological polar surface area (TPSA) is 79.0 Å². The van der Waals surface area contributed by atoms with Gasteiger partial charge < -0.3 is 24.9 Å². The molecule has 1 aromatic heterocycles. The number of furan rings is 1. The molecule has 0 radical (unpaired) electrons. The van der Waals surface area contributed by atoms with Gasteiger partial charge in [-0.2, -0.15) is 0 Å². The number of ether oxygens (including phenoxy) is 1. The molecule has 7 heteroatoms. The lowest BCUT2D eigenvalue weighted by Crippen LogP contribution is -2.43. The van der Waals surface area contributed by atoms with E-state index in [0.717, 1.165) is 0 Å². The van der Waals surface area contributed by atoms with Crippen LogP contribution in [0.5, 0.6) is 5.75 Å². The van der Waals surface area contributed by atoms with Gasteiger partial charge >= 0.3 is 0 Å². The minimum atomic E-state index is -1.21. The van der Waals surface area contributed by atoms with E-state index in [0.29, 0.717) is 31.2 Å². The van der Waals surface area contributed by atoms with Crippen LogP contribution in [-0.2, 0) is 5.60 Å². The molecule has 2 unspecified atom stereocenters. The fourth-order valence-electron chi connectivity index (χ4n) is 2.44. The summed E-state index contributed by atoms with van der Waals surface area (Å²) in [6, 6.07) is 9.78. The number of hydrogen-bond acceptors (Lipinski definition) is 4. The van der Waals surface area contributed by atoms with Crippen LogP contribution >= 0.6 is 0 Å². The van der Waals surface area contributed by atoms with Crippen LogP contribution < -0.4 is 15.4 Å². The maximum Gasteiger partial charge on any atom is 0.191 e. The van der Waals surface area contributed by atoms with Gasteiger partial charge in [0.2, 0.25) is 0 Å². The zero-order valence-electron chi connectivity index (χ0n) is 16.0. The van der Waals surface area contributed by atoms with Crippen LogP contribution in [0.1, 0.15) is 33.0 Å². The third kappa shape index (κ3) is 6.29. The van der Waals surface area contributed by atoms with Crippen LogP contribution in [0.3, 0.4) is 0 Å². The Morgan fingerprint density at radius 3 is 2.67 bits per heavy atom. The summed E-state index contributed by atoms with van der Waals surface area (Å²) >= 11 is 0. The van der Waals surface area contributed by atoms with E-state index < -0.39 is 5.60 Å². The molecule has 0 aliphatic rings. The van der Waals surface area contributed by atoms with E-state index in [9.17, 15) is 9.50 Å². The molecule has 0 spiro atoms. The minimum Gasteiger partial charge on any atom is -0.486 e. The first-order valence-corrected chi connectivity index (χ1v) is 9.16. The van der Waals surface area contributed by atoms with E-state index in [-0.39, 0.29) is 24.2 Å². The fourth-order valence-corrected chi connectivity index (χ4v) is 2.44. The minimum absolute atomic E-state index is 0.126. The number of hydrogen-bond donors (Lipinski definition) is 3. The predicted molar refractivity (Wildman–Crippen MR) is 103 cm³/mol. The SMILES string of the molecule is CCNC(=NCC(C)(O)c1ccco1)NCC(CC)Oc1ccccc1F. The normalized spacial score (nSPS) is 15.1. The van der Waals surface area contributed by atoms with Gasteiger partial charge in [-0.05, 0) is 44.5 Å². The summed E-state index contributed by atoms with van der Waals surface area (Å²) in [5.74, 6) is 0.844. The summed E-state index contributed by atoms with van der Waals surface area (Å²) in [5.41, 5.74) is -1.21. The first kappa shape index (κ1) is 20.8. The summed E-state index contributed by atoms with van der Waals surface area (Å²) < 4.78 is 24.8. The number of rotatable bonds is 9. The van der Waals surface area contributed by atoms with Crippen molar-refractivity contribution in [3.05, 3.63) is 54.2 Å². The van der Waals surface area contributed by atoms with Crippen LogP contribution in [0.4, 0.5) is 4.39 Å². The average Bonchev–Trinajstić information content (AvgIpc) is 3.20. The first-order valence-electron chi connectivity index (χ1n) is 9.16. The molecule has 6 nitrogen and oxygen atoms in total. The molecule has 2 aromatic rings. The lowest BCUT2D eigenvalue weighted by Gasteiger charge is -2.22. The van der Waals surface area contributed by atoms with Gasteiger partial charge in [-0.15, -0.1) is 0 Å². The zero-order valence-corrected chi connectivity index (χ0v) is 16.0. The van der Waals surface area contributed by atoms with Crippen molar-refractivity contribution in [2.75, 3.05) is 19.6 Å². The number of nitrogens with zero attached hydrogens (tertiary/aromatic N) is 1. The Morgan fingerprint density at radius 2 is 2.04 bits per heavy atom. The van der Waals surface area contributed by atoms with Gasteiger partial charge in [0.25, 0.3) is 0 Å². The van der Waals surface area contributed by atoms with Crippen LogP contribution in [0, 0.1) is 5.82 Å². The molecule has 0 bridgehead atoms. The van der Waals surface area contributed by atoms with Crippen molar-refractivity contribution >= 4 is 5.96 Å². The Kier molecular flexibility index (Phi) is 7.67. The smallest absolute Gasteiger partial charge is 0.191 e. The van der Waals surface area contributed by atoms with Gasteiger partial charge in [-0.1, -0.05) is 19.1 Å². The van der Waals surface area contributed by atoms with Crippen LogP contribution in [0.15, 0.2) is 52.1 Å². The summed E-state index contributed by atoms with van der Waals surface area (Å²) in [4.78, 5) is 4.43. The third-order valence-corrected chi connectivity index (χ3v) is 4.02. The van der Waals surface area contributed by atoms with E-state index in [1.165, 1.54) is 12.3 Å². The van der Waals surface area contributed by atoms with E-state index in [2.05, 4.69) is 15.6 Å². The van der Waals surface area contributed by atoms with Crippen molar-refractivity contribution in [2.45, 2.75) is 38.9 Å². The highest BCUT2D eigenvalue weighted by Gasteiger charge is 2.26. The van der Waals surface area contributed by atoms with Gasteiger partial charge in [0.1, 0.15) is 17.5 Å². The van der Waals surface area contributed by atoms with E-state index in [4.69, 9.17) is 9.15 Å².